The Balaban J connectivity index is 1.85. The molecular weight excluding hydrogens is 287 g/mol. The van der Waals surface area contributed by atoms with Crippen LogP contribution in [0.1, 0.15) is 24.2 Å². The summed E-state index contributed by atoms with van der Waals surface area (Å²) in [6.07, 6.45) is -0.769. The molecule has 1 aromatic heterocycles. The highest BCUT2D eigenvalue weighted by atomic mass is 32.1. The number of hydrogen-bond acceptors (Lipinski definition) is 3. The second-order valence-corrected chi connectivity index (χ2v) is 5.82. The number of hydrogen-bond donors (Lipinski definition) is 1. The molecule has 2 aromatic carbocycles. The third kappa shape index (κ3) is 2.91. The molecule has 0 aliphatic rings. The number of aliphatic hydroxyl groups is 1. The van der Waals surface area contributed by atoms with Crippen molar-refractivity contribution in [3.8, 4) is 5.75 Å². The zero-order chi connectivity index (χ0) is 14.8. The Labute approximate surface area is 126 Å². The van der Waals surface area contributed by atoms with Gasteiger partial charge in [-0.2, -0.15) is 0 Å². The van der Waals surface area contributed by atoms with Crippen LogP contribution in [0.5, 0.6) is 5.75 Å². The highest BCUT2D eigenvalue weighted by molar-refractivity contribution is 7.17. The van der Waals surface area contributed by atoms with Gasteiger partial charge in [0.05, 0.1) is 6.10 Å². The maximum atomic E-state index is 13.3. The van der Waals surface area contributed by atoms with Crippen LogP contribution in [0.15, 0.2) is 47.8 Å². The van der Waals surface area contributed by atoms with Crippen LogP contribution in [0, 0.1) is 5.82 Å². The minimum absolute atomic E-state index is 0.376. The van der Waals surface area contributed by atoms with Crippen molar-refractivity contribution < 1.29 is 14.2 Å². The normalized spacial score (nSPS) is 12.5. The van der Waals surface area contributed by atoms with E-state index in [2.05, 4.69) is 17.5 Å². The molecular formula is C17H15FO2S. The van der Waals surface area contributed by atoms with Gasteiger partial charge >= 0.3 is 0 Å². The van der Waals surface area contributed by atoms with Gasteiger partial charge in [0.25, 0.3) is 0 Å². The Morgan fingerprint density at radius 1 is 1.24 bits per heavy atom. The lowest BCUT2D eigenvalue weighted by Crippen LogP contribution is -2.01. The van der Waals surface area contributed by atoms with Crippen molar-refractivity contribution in [3.05, 3.63) is 64.8 Å². The molecule has 0 saturated carbocycles. The molecule has 1 N–H and O–H groups in total. The van der Waals surface area contributed by atoms with Gasteiger partial charge in [0.1, 0.15) is 18.2 Å². The minimum atomic E-state index is -0.769. The molecule has 0 radical (unpaired) electrons. The molecule has 0 fully saturated rings. The summed E-state index contributed by atoms with van der Waals surface area (Å²) >= 11 is 1.67. The number of aliphatic hydroxyl groups excluding tert-OH is 1. The van der Waals surface area contributed by atoms with Crippen molar-refractivity contribution in [2.45, 2.75) is 19.6 Å². The first-order chi connectivity index (χ1) is 10.1. The van der Waals surface area contributed by atoms with E-state index in [4.69, 9.17) is 4.74 Å². The van der Waals surface area contributed by atoms with E-state index < -0.39 is 6.10 Å². The Kier molecular flexibility index (Phi) is 3.90. The first-order valence-corrected chi connectivity index (χ1v) is 7.58. The average Bonchev–Trinajstić information content (AvgIpc) is 2.89. The van der Waals surface area contributed by atoms with Crippen molar-refractivity contribution in [2.75, 3.05) is 0 Å². The number of benzene rings is 2. The molecule has 2 nitrogen and oxygen atoms in total. The summed E-state index contributed by atoms with van der Waals surface area (Å²) in [5, 5.41) is 12.9. The molecule has 4 heteroatoms. The number of halogens is 1. The molecule has 108 valence electrons. The van der Waals surface area contributed by atoms with Crippen molar-refractivity contribution in [3.63, 3.8) is 0 Å². The van der Waals surface area contributed by atoms with Gasteiger partial charge in [0.15, 0.2) is 0 Å². The Morgan fingerprint density at radius 3 is 2.86 bits per heavy atom. The summed E-state index contributed by atoms with van der Waals surface area (Å²) in [6, 6.07) is 12.4. The first-order valence-electron chi connectivity index (χ1n) is 6.70. The van der Waals surface area contributed by atoms with Gasteiger partial charge in [-0.1, -0.05) is 18.2 Å². The number of rotatable bonds is 4. The maximum Gasteiger partial charge on any atom is 0.125 e. The van der Waals surface area contributed by atoms with Crippen LogP contribution in [0.2, 0.25) is 0 Å². The predicted molar refractivity (Wildman–Crippen MR) is 83.2 cm³/mol. The van der Waals surface area contributed by atoms with Crippen LogP contribution in [-0.2, 0) is 6.61 Å². The van der Waals surface area contributed by atoms with Crippen LogP contribution in [0.25, 0.3) is 10.1 Å². The van der Waals surface area contributed by atoms with Crippen LogP contribution in [0.3, 0.4) is 0 Å². The number of thiophene rings is 1. The fourth-order valence-corrected chi connectivity index (χ4v) is 3.22. The lowest BCUT2D eigenvalue weighted by atomic mass is 10.1. The summed E-state index contributed by atoms with van der Waals surface area (Å²) in [4.78, 5) is 0. The second kappa shape index (κ2) is 5.84. The molecule has 21 heavy (non-hydrogen) atoms. The van der Waals surface area contributed by atoms with Crippen LogP contribution < -0.4 is 4.74 Å². The zero-order valence-electron chi connectivity index (χ0n) is 11.5. The molecule has 0 spiro atoms. The van der Waals surface area contributed by atoms with E-state index in [1.807, 2.05) is 12.1 Å². The van der Waals surface area contributed by atoms with Crippen LogP contribution in [0.4, 0.5) is 4.39 Å². The second-order valence-electron chi connectivity index (χ2n) is 4.90. The molecule has 1 atom stereocenters. The van der Waals surface area contributed by atoms with Gasteiger partial charge in [-0.15, -0.1) is 11.3 Å². The third-order valence-corrected chi connectivity index (χ3v) is 4.38. The molecule has 0 saturated heterocycles. The monoisotopic (exact) mass is 302 g/mol. The predicted octanol–water partition coefficient (Wildman–Crippen LogP) is 4.67. The van der Waals surface area contributed by atoms with Gasteiger partial charge in [-0.25, -0.2) is 4.39 Å². The van der Waals surface area contributed by atoms with Crippen molar-refractivity contribution in [2.24, 2.45) is 0 Å². The van der Waals surface area contributed by atoms with E-state index in [-0.39, 0.29) is 5.82 Å². The van der Waals surface area contributed by atoms with Gasteiger partial charge in [0, 0.05) is 15.8 Å². The topological polar surface area (TPSA) is 29.5 Å². The first kappa shape index (κ1) is 14.0. The lowest BCUT2D eigenvalue weighted by molar-refractivity contribution is 0.189. The lowest BCUT2D eigenvalue weighted by Gasteiger charge is -2.13. The molecule has 0 amide bonds. The Morgan fingerprint density at radius 2 is 2.05 bits per heavy atom. The van der Waals surface area contributed by atoms with E-state index in [0.29, 0.717) is 17.9 Å². The Bertz CT molecular complexity index is 764. The van der Waals surface area contributed by atoms with E-state index in [1.165, 1.54) is 22.2 Å². The quantitative estimate of drug-likeness (QED) is 0.758. The van der Waals surface area contributed by atoms with Crippen molar-refractivity contribution in [1.29, 1.82) is 0 Å². The smallest absolute Gasteiger partial charge is 0.125 e. The van der Waals surface area contributed by atoms with E-state index in [0.717, 1.165) is 5.56 Å². The van der Waals surface area contributed by atoms with Gasteiger partial charge in [-0.05, 0) is 42.0 Å². The summed E-state index contributed by atoms with van der Waals surface area (Å²) < 4.78 is 20.3. The summed E-state index contributed by atoms with van der Waals surface area (Å²) in [7, 11) is 0. The van der Waals surface area contributed by atoms with E-state index in [9.17, 15) is 9.50 Å². The fourth-order valence-electron chi connectivity index (χ4n) is 2.28. The van der Waals surface area contributed by atoms with Crippen molar-refractivity contribution in [1.82, 2.24) is 0 Å². The molecule has 0 aliphatic heterocycles. The fraction of sp³-hybridized carbons (Fsp3) is 0.176. The van der Waals surface area contributed by atoms with Crippen molar-refractivity contribution >= 4 is 21.4 Å². The minimum Gasteiger partial charge on any atom is -0.488 e. The molecule has 0 unspecified atom stereocenters. The molecule has 0 aliphatic carbocycles. The van der Waals surface area contributed by atoms with Gasteiger partial charge in [0.2, 0.25) is 0 Å². The largest absolute Gasteiger partial charge is 0.488 e. The summed E-state index contributed by atoms with van der Waals surface area (Å²) in [5.74, 6) is 0.140. The summed E-state index contributed by atoms with van der Waals surface area (Å²) in [5.41, 5.74) is 1.56. The van der Waals surface area contributed by atoms with Crippen LogP contribution >= 0.6 is 11.3 Å². The van der Waals surface area contributed by atoms with Gasteiger partial charge in [-0.3, -0.25) is 0 Å². The highest BCUT2D eigenvalue weighted by Gasteiger charge is 2.12. The molecule has 1 heterocycles. The molecule has 3 aromatic rings. The van der Waals surface area contributed by atoms with E-state index >= 15 is 0 Å². The number of fused-ring (bicyclic) bond motifs is 1. The highest BCUT2D eigenvalue weighted by Crippen LogP contribution is 2.29. The molecule has 3 rings (SSSR count). The van der Waals surface area contributed by atoms with Gasteiger partial charge < -0.3 is 9.84 Å². The standard InChI is InChI=1S/C17H15FO2S/c1-11(19)15-8-13(18)6-7-16(15)20-9-12-10-21-17-5-3-2-4-14(12)17/h2-8,10-11,19H,9H2,1H3/t11-/m1/s1. The number of ether oxygens (including phenoxy) is 1. The maximum absolute atomic E-state index is 13.3. The Hall–Kier alpha value is -1.91. The summed E-state index contributed by atoms with van der Waals surface area (Å²) in [6.45, 7) is 2.00. The average molecular weight is 302 g/mol. The SMILES string of the molecule is C[C@@H](O)c1cc(F)ccc1OCc1csc2ccccc12. The molecule has 0 bridgehead atoms. The zero-order valence-corrected chi connectivity index (χ0v) is 12.4. The third-order valence-electron chi connectivity index (χ3n) is 3.37. The van der Waals surface area contributed by atoms with Crippen LogP contribution in [-0.4, -0.2) is 5.11 Å². The van der Waals surface area contributed by atoms with E-state index in [1.54, 1.807) is 24.3 Å².